The highest BCUT2D eigenvalue weighted by atomic mass is 35.5. The van der Waals surface area contributed by atoms with Crippen molar-refractivity contribution in [3.05, 3.63) is 88.9 Å². The number of sulfonamides is 2. The first-order valence-corrected chi connectivity index (χ1v) is 14.4. The van der Waals surface area contributed by atoms with Crippen LogP contribution in [-0.4, -0.2) is 45.6 Å². The van der Waals surface area contributed by atoms with E-state index in [4.69, 9.17) is 16.3 Å². The molecule has 0 bridgehead atoms. The van der Waals surface area contributed by atoms with Crippen molar-refractivity contribution >= 4 is 31.6 Å². The van der Waals surface area contributed by atoms with Gasteiger partial charge in [-0.2, -0.15) is 8.61 Å². The number of rotatable bonds is 9. The van der Waals surface area contributed by atoms with Gasteiger partial charge in [-0.05, 0) is 66.4 Å². The van der Waals surface area contributed by atoms with Crippen LogP contribution in [0.2, 0.25) is 5.02 Å². The Kier molecular flexibility index (Phi) is 7.83. The molecule has 1 saturated heterocycles. The van der Waals surface area contributed by atoms with Crippen LogP contribution >= 0.6 is 11.6 Å². The number of hydrogen-bond acceptors (Lipinski definition) is 5. The van der Waals surface area contributed by atoms with E-state index in [1.54, 1.807) is 55.6 Å². The standard InChI is InChI=1S/C25H27ClN2O5S2/c1-33-22-10-8-20(9-11-22)18-28(19-21-6-2-3-7-25(21)26)35(31,32)24-14-12-23(13-15-24)34(29,30)27-16-4-5-17-27/h2-3,6-15H,4-5,16-19H2,1H3. The topological polar surface area (TPSA) is 84.0 Å². The van der Waals surface area contributed by atoms with E-state index in [9.17, 15) is 16.8 Å². The van der Waals surface area contributed by atoms with Crippen molar-refractivity contribution in [1.82, 2.24) is 8.61 Å². The molecule has 1 heterocycles. The van der Waals surface area contributed by atoms with Crippen LogP contribution in [0.4, 0.5) is 0 Å². The summed E-state index contributed by atoms with van der Waals surface area (Å²) in [6.45, 7) is 1.12. The SMILES string of the molecule is COc1ccc(CN(Cc2ccccc2Cl)S(=O)(=O)c2ccc(S(=O)(=O)N3CCCC3)cc2)cc1. The maximum atomic E-state index is 13.7. The summed E-state index contributed by atoms with van der Waals surface area (Å²) >= 11 is 6.33. The highest BCUT2D eigenvalue weighted by Gasteiger charge is 2.29. The van der Waals surface area contributed by atoms with Crippen LogP contribution in [0.3, 0.4) is 0 Å². The van der Waals surface area contributed by atoms with Crippen LogP contribution in [0.1, 0.15) is 24.0 Å². The molecular formula is C25H27ClN2O5S2. The molecule has 1 aliphatic rings. The smallest absolute Gasteiger partial charge is 0.243 e. The third-order valence-electron chi connectivity index (χ3n) is 5.99. The van der Waals surface area contributed by atoms with Crippen LogP contribution in [-0.2, 0) is 33.1 Å². The Morgan fingerprint density at radius 2 is 1.43 bits per heavy atom. The molecule has 3 aromatic rings. The minimum atomic E-state index is -3.98. The molecule has 1 aliphatic heterocycles. The van der Waals surface area contributed by atoms with E-state index in [1.807, 2.05) is 0 Å². The number of nitrogens with zero attached hydrogens (tertiary/aromatic N) is 2. The van der Waals surface area contributed by atoms with E-state index in [2.05, 4.69) is 0 Å². The fourth-order valence-electron chi connectivity index (χ4n) is 3.99. The van der Waals surface area contributed by atoms with E-state index in [1.165, 1.54) is 32.9 Å². The number of methoxy groups -OCH3 is 1. The van der Waals surface area contributed by atoms with Crippen LogP contribution in [0.15, 0.2) is 82.6 Å². The van der Waals surface area contributed by atoms with Gasteiger partial charge in [-0.15, -0.1) is 0 Å². The van der Waals surface area contributed by atoms with Gasteiger partial charge in [-0.25, -0.2) is 16.8 Å². The summed E-state index contributed by atoms with van der Waals surface area (Å²) in [5, 5.41) is 0.467. The van der Waals surface area contributed by atoms with E-state index in [0.29, 0.717) is 29.4 Å². The molecule has 0 atom stereocenters. The second-order valence-corrected chi connectivity index (χ2v) is 12.6. The maximum Gasteiger partial charge on any atom is 0.243 e. The number of ether oxygens (including phenoxy) is 1. The fraction of sp³-hybridized carbons (Fsp3) is 0.280. The Morgan fingerprint density at radius 1 is 0.829 bits per heavy atom. The molecular weight excluding hydrogens is 508 g/mol. The van der Waals surface area contributed by atoms with Crippen LogP contribution in [0.5, 0.6) is 5.75 Å². The zero-order valence-corrected chi connectivity index (χ0v) is 21.7. The first-order valence-electron chi connectivity index (χ1n) is 11.2. The highest BCUT2D eigenvalue weighted by Crippen LogP contribution is 2.27. The van der Waals surface area contributed by atoms with Gasteiger partial charge in [0, 0.05) is 31.2 Å². The Hall–Kier alpha value is -2.43. The molecule has 10 heteroatoms. The van der Waals surface area contributed by atoms with Crippen LogP contribution in [0, 0.1) is 0 Å². The summed E-state index contributed by atoms with van der Waals surface area (Å²) in [4.78, 5) is 0.101. The van der Waals surface area contributed by atoms with Gasteiger partial charge >= 0.3 is 0 Å². The lowest BCUT2D eigenvalue weighted by atomic mass is 10.2. The summed E-state index contributed by atoms with van der Waals surface area (Å²) < 4.78 is 61.0. The van der Waals surface area contributed by atoms with Crippen LogP contribution in [0.25, 0.3) is 0 Å². The van der Waals surface area contributed by atoms with Crippen LogP contribution < -0.4 is 4.74 Å². The van der Waals surface area contributed by atoms with Crippen molar-refractivity contribution in [2.45, 2.75) is 35.7 Å². The molecule has 0 unspecified atom stereocenters. The second-order valence-electron chi connectivity index (χ2n) is 8.30. The summed E-state index contributed by atoms with van der Waals surface area (Å²) in [5.74, 6) is 0.670. The molecule has 4 rings (SSSR count). The van der Waals surface area contributed by atoms with Gasteiger partial charge in [0.2, 0.25) is 20.0 Å². The van der Waals surface area contributed by atoms with Gasteiger partial charge in [-0.3, -0.25) is 0 Å². The van der Waals surface area contributed by atoms with Crippen molar-refractivity contribution in [2.75, 3.05) is 20.2 Å². The zero-order valence-electron chi connectivity index (χ0n) is 19.3. The molecule has 0 spiro atoms. The monoisotopic (exact) mass is 534 g/mol. The second kappa shape index (κ2) is 10.7. The van der Waals surface area contributed by atoms with E-state index < -0.39 is 20.0 Å². The lowest BCUT2D eigenvalue weighted by molar-refractivity contribution is 0.399. The van der Waals surface area contributed by atoms with Crippen molar-refractivity contribution in [3.63, 3.8) is 0 Å². The third kappa shape index (κ3) is 5.70. The van der Waals surface area contributed by atoms with Gasteiger partial charge in [0.05, 0.1) is 16.9 Å². The summed E-state index contributed by atoms with van der Waals surface area (Å²) in [6.07, 6.45) is 1.65. The zero-order chi connectivity index (χ0) is 25.1. The van der Waals surface area contributed by atoms with E-state index in [0.717, 1.165) is 18.4 Å². The molecule has 186 valence electrons. The fourth-order valence-corrected chi connectivity index (χ4v) is 7.11. The summed E-state index contributed by atoms with van der Waals surface area (Å²) in [6, 6.07) is 19.7. The quantitative estimate of drug-likeness (QED) is 0.403. The largest absolute Gasteiger partial charge is 0.497 e. The molecule has 0 aliphatic carbocycles. The minimum Gasteiger partial charge on any atom is -0.497 e. The molecule has 7 nitrogen and oxygen atoms in total. The molecule has 0 aromatic heterocycles. The molecule has 35 heavy (non-hydrogen) atoms. The van der Waals surface area contributed by atoms with Crippen molar-refractivity contribution < 1.29 is 21.6 Å². The lowest BCUT2D eigenvalue weighted by Crippen LogP contribution is -2.31. The summed E-state index contributed by atoms with van der Waals surface area (Å²) in [7, 11) is -6.04. The number of hydrogen-bond donors (Lipinski definition) is 0. The lowest BCUT2D eigenvalue weighted by Gasteiger charge is -2.23. The third-order valence-corrected chi connectivity index (χ3v) is 10.1. The Balaban J connectivity index is 1.66. The van der Waals surface area contributed by atoms with Gasteiger partial charge in [0.25, 0.3) is 0 Å². The highest BCUT2D eigenvalue weighted by molar-refractivity contribution is 7.89. The average Bonchev–Trinajstić information content (AvgIpc) is 3.41. The van der Waals surface area contributed by atoms with Crippen molar-refractivity contribution in [1.29, 1.82) is 0 Å². The minimum absolute atomic E-state index is 0.0124. The maximum absolute atomic E-state index is 13.7. The predicted molar refractivity (Wildman–Crippen MR) is 135 cm³/mol. The first-order chi connectivity index (χ1) is 16.7. The van der Waals surface area contributed by atoms with Crippen molar-refractivity contribution in [3.8, 4) is 5.75 Å². The van der Waals surface area contributed by atoms with Gasteiger partial charge in [0.15, 0.2) is 0 Å². The molecule has 0 amide bonds. The van der Waals surface area contributed by atoms with Crippen molar-refractivity contribution in [2.24, 2.45) is 0 Å². The Bertz CT molecular complexity index is 1370. The summed E-state index contributed by atoms with van der Waals surface area (Å²) in [5.41, 5.74) is 1.44. The Morgan fingerprint density at radius 3 is 2.03 bits per heavy atom. The molecule has 3 aromatic carbocycles. The predicted octanol–water partition coefficient (Wildman–Crippen LogP) is 4.52. The number of halogens is 1. The van der Waals surface area contributed by atoms with Gasteiger partial charge < -0.3 is 4.74 Å². The average molecular weight is 535 g/mol. The van der Waals surface area contributed by atoms with Gasteiger partial charge in [-0.1, -0.05) is 41.9 Å². The first kappa shape index (κ1) is 25.7. The number of benzene rings is 3. The van der Waals surface area contributed by atoms with E-state index >= 15 is 0 Å². The normalized spacial score (nSPS) is 14.9. The van der Waals surface area contributed by atoms with E-state index in [-0.39, 0.29) is 22.9 Å². The molecule has 1 fully saturated rings. The van der Waals surface area contributed by atoms with Gasteiger partial charge in [0.1, 0.15) is 5.75 Å². The molecule has 0 radical (unpaired) electrons. The molecule has 0 saturated carbocycles. The molecule has 0 N–H and O–H groups in total. The Labute approximate surface area is 212 Å².